The molecule has 0 aromatic heterocycles. The third kappa shape index (κ3) is 4.58. The van der Waals surface area contributed by atoms with E-state index in [-0.39, 0.29) is 23.7 Å². The molecule has 1 aliphatic heterocycles. The van der Waals surface area contributed by atoms with Gasteiger partial charge in [-0.2, -0.15) is 0 Å². The fourth-order valence-corrected chi connectivity index (χ4v) is 3.68. The third-order valence-electron chi connectivity index (χ3n) is 5.63. The van der Waals surface area contributed by atoms with Gasteiger partial charge in [-0.05, 0) is 60.4 Å². The largest absolute Gasteiger partial charge is 0.497 e. The molecule has 6 heteroatoms. The van der Waals surface area contributed by atoms with Gasteiger partial charge in [-0.15, -0.1) is 0 Å². The van der Waals surface area contributed by atoms with E-state index >= 15 is 0 Å². The molecule has 4 rings (SSSR count). The number of hydrogen-bond acceptors (Lipinski definition) is 4. The van der Waals surface area contributed by atoms with Gasteiger partial charge in [0.05, 0.1) is 19.4 Å². The highest BCUT2D eigenvalue weighted by atomic mass is 19.1. The Kier molecular flexibility index (Phi) is 5.79. The zero-order chi connectivity index (χ0) is 20.2. The van der Waals surface area contributed by atoms with Crippen molar-refractivity contribution >= 4 is 11.6 Å². The molecule has 1 aliphatic carbocycles. The molecule has 0 unspecified atom stereocenters. The van der Waals surface area contributed by atoms with Gasteiger partial charge in [-0.25, -0.2) is 4.39 Å². The summed E-state index contributed by atoms with van der Waals surface area (Å²) in [5, 5.41) is 4.24. The van der Waals surface area contributed by atoms with Crippen LogP contribution in [0.3, 0.4) is 0 Å². The molecule has 2 aromatic rings. The van der Waals surface area contributed by atoms with Crippen LogP contribution in [-0.4, -0.2) is 36.3 Å². The first-order chi connectivity index (χ1) is 14.1. The van der Waals surface area contributed by atoms with Crippen molar-refractivity contribution in [3.8, 4) is 5.75 Å². The SMILES string of the molecule is COc1ccc(C2=NO[C@@H](CN(Cc3ccc(F)cc3)C(=O)C3CCC3)C2)cc1. The van der Waals surface area contributed by atoms with E-state index in [0.29, 0.717) is 19.5 Å². The average Bonchev–Trinajstić information content (AvgIpc) is 3.16. The van der Waals surface area contributed by atoms with Gasteiger partial charge in [0.1, 0.15) is 11.6 Å². The van der Waals surface area contributed by atoms with Crippen molar-refractivity contribution in [1.82, 2.24) is 4.90 Å². The molecular weight excluding hydrogens is 371 g/mol. The van der Waals surface area contributed by atoms with Crippen molar-refractivity contribution in [3.05, 3.63) is 65.5 Å². The summed E-state index contributed by atoms with van der Waals surface area (Å²) in [6.07, 6.45) is 3.45. The van der Waals surface area contributed by atoms with Crippen LogP contribution in [0.25, 0.3) is 0 Å². The Morgan fingerprint density at radius 3 is 2.52 bits per heavy atom. The zero-order valence-corrected chi connectivity index (χ0v) is 16.5. The average molecular weight is 396 g/mol. The molecule has 1 saturated carbocycles. The van der Waals surface area contributed by atoms with Gasteiger partial charge in [0.25, 0.3) is 0 Å². The van der Waals surface area contributed by atoms with Gasteiger partial charge in [-0.3, -0.25) is 4.79 Å². The second kappa shape index (κ2) is 8.64. The van der Waals surface area contributed by atoms with Crippen LogP contribution < -0.4 is 4.74 Å². The topological polar surface area (TPSA) is 51.1 Å². The quantitative estimate of drug-likeness (QED) is 0.706. The fourth-order valence-electron chi connectivity index (χ4n) is 3.68. The van der Waals surface area contributed by atoms with E-state index in [9.17, 15) is 9.18 Å². The zero-order valence-electron chi connectivity index (χ0n) is 16.5. The predicted molar refractivity (Wildman–Crippen MR) is 108 cm³/mol. The van der Waals surface area contributed by atoms with Crippen LogP contribution in [0.1, 0.15) is 36.8 Å². The summed E-state index contributed by atoms with van der Waals surface area (Å²) in [5.41, 5.74) is 2.77. The molecule has 0 saturated heterocycles. The van der Waals surface area contributed by atoms with Gasteiger partial charge in [-0.1, -0.05) is 23.7 Å². The number of hydrogen-bond donors (Lipinski definition) is 0. The second-order valence-electron chi connectivity index (χ2n) is 7.67. The number of rotatable bonds is 7. The minimum atomic E-state index is -0.276. The van der Waals surface area contributed by atoms with Crippen molar-refractivity contribution < 1.29 is 18.8 Å². The lowest BCUT2D eigenvalue weighted by Gasteiger charge is -2.32. The maximum absolute atomic E-state index is 13.2. The highest BCUT2D eigenvalue weighted by molar-refractivity contribution is 6.01. The lowest BCUT2D eigenvalue weighted by molar-refractivity contribution is -0.140. The number of ether oxygens (including phenoxy) is 1. The Morgan fingerprint density at radius 2 is 1.90 bits per heavy atom. The van der Waals surface area contributed by atoms with E-state index in [2.05, 4.69) is 5.16 Å². The standard InChI is InChI=1S/C23H25FN2O3/c1-28-20-11-7-17(8-12-20)22-13-21(29-25-22)15-26(23(27)18-3-2-4-18)14-16-5-9-19(24)10-6-16/h5-12,18,21H,2-4,13-15H2,1H3/t21-/m1/s1. The van der Waals surface area contributed by atoms with Crippen LogP contribution in [0.15, 0.2) is 53.7 Å². The van der Waals surface area contributed by atoms with E-state index in [1.165, 1.54) is 12.1 Å². The van der Waals surface area contributed by atoms with Crippen LogP contribution in [0, 0.1) is 11.7 Å². The van der Waals surface area contributed by atoms with Crippen molar-refractivity contribution in [1.29, 1.82) is 0 Å². The molecule has 5 nitrogen and oxygen atoms in total. The lowest BCUT2D eigenvalue weighted by atomic mass is 9.84. The number of carbonyl (C=O) groups is 1. The Bertz CT molecular complexity index is 876. The first-order valence-electron chi connectivity index (χ1n) is 10.0. The lowest BCUT2D eigenvalue weighted by Crippen LogP contribution is -2.42. The summed E-state index contributed by atoms with van der Waals surface area (Å²) in [5.74, 6) is 0.768. The van der Waals surface area contributed by atoms with Crippen molar-refractivity contribution in [2.75, 3.05) is 13.7 Å². The molecule has 2 aromatic carbocycles. The monoisotopic (exact) mass is 396 g/mol. The third-order valence-corrected chi connectivity index (χ3v) is 5.63. The smallest absolute Gasteiger partial charge is 0.226 e. The van der Waals surface area contributed by atoms with Gasteiger partial charge < -0.3 is 14.5 Å². The molecule has 0 N–H and O–H groups in total. The van der Waals surface area contributed by atoms with E-state index in [0.717, 1.165) is 41.9 Å². The minimum Gasteiger partial charge on any atom is -0.497 e. The number of halogens is 1. The first kappa shape index (κ1) is 19.4. The van der Waals surface area contributed by atoms with E-state index in [1.807, 2.05) is 29.2 Å². The number of benzene rings is 2. The minimum absolute atomic E-state index is 0.0961. The molecule has 1 atom stereocenters. The molecule has 1 heterocycles. The Balaban J connectivity index is 1.42. The normalized spacial score (nSPS) is 18.6. The highest BCUT2D eigenvalue weighted by Gasteiger charge is 2.33. The maximum Gasteiger partial charge on any atom is 0.226 e. The number of oxime groups is 1. The molecule has 152 valence electrons. The van der Waals surface area contributed by atoms with Crippen molar-refractivity contribution in [2.24, 2.45) is 11.1 Å². The van der Waals surface area contributed by atoms with E-state index in [1.54, 1.807) is 19.2 Å². The van der Waals surface area contributed by atoms with Crippen molar-refractivity contribution in [3.63, 3.8) is 0 Å². The Morgan fingerprint density at radius 1 is 1.17 bits per heavy atom. The van der Waals surface area contributed by atoms with E-state index < -0.39 is 0 Å². The van der Waals surface area contributed by atoms with Crippen LogP contribution in [-0.2, 0) is 16.2 Å². The van der Waals surface area contributed by atoms with E-state index in [4.69, 9.17) is 9.57 Å². The molecule has 0 radical (unpaired) electrons. The second-order valence-corrected chi connectivity index (χ2v) is 7.67. The summed E-state index contributed by atoms with van der Waals surface area (Å²) < 4.78 is 18.4. The molecule has 0 bridgehead atoms. The van der Waals surface area contributed by atoms with Gasteiger partial charge in [0, 0.05) is 18.9 Å². The predicted octanol–water partition coefficient (Wildman–Crippen LogP) is 4.16. The number of carbonyl (C=O) groups excluding carboxylic acids is 1. The van der Waals surface area contributed by atoms with Crippen LogP contribution >= 0.6 is 0 Å². The number of nitrogens with zero attached hydrogens (tertiary/aromatic N) is 2. The molecule has 0 spiro atoms. The Labute approximate surface area is 170 Å². The molecular formula is C23H25FN2O3. The summed E-state index contributed by atoms with van der Waals surface area (Å²) >= 11 is 0. The summed E-state index contributed by atoms with van der Waals surface area (Å²) in [6.45, 7) is 0.920. The van der Waals surface area contributed by atoms with Gasteiger partial charge >= 0.3 is 0 Å². The van der Waals surface area contributed by atoms with Gasteiger partial charge in [0.15, 0.2) is 6.10 Å². The van der Waals surface area contributed by atoms with Crippen LogP contribution in [0.2, 0.25) is 0 Å². The molecule has 1 amide bonds. The van der Waals surface area contributed by atoms with Crippen LogP contribution in [0.4, 0.5) is 4.39 Å². The molecule has 2 aliphatic rings. The maximum atomic E-state index is 13.2. The highest BCUT2D eigenvalue weighted by Crippen LogP contribution is 2.30. The van der Waals surface area contributed by atoms with Crippen molar-refractivity contribution in [2.45, 2.75) is 38.3 Å². The van der Waals surface area contributed by atoms with Gasteiger partial charge in [0.2, 0.25) is 5.91 Å². The molecule has 1 fully saturated rings. The summed E-state index contributed by atoms with van der Waals surface area (Å²) in [7, 11) is 1.63. The molecule has 29 heavy (non-hydrogen) atoms. The van der Waals surface area contributed by atoms with Crippen LogP contribution in [0.5, 0.6) is 5.75 Å². The number of amides is 1. The number of methoxy groups -OCH3 is 1. The Hall–Kier alpha value is -2.89. The summed E-state index contributed by atoms with van der Waals surface area (Å²) in [6, 6.07) is 14.0. The fraction of sp³-hybridized carbons (Fsp3) is 0.391. The first-order valence-corrected chi connectivity index (χ1v) is 10.0. The summed E-state index contributed by atoms with van der Waals surface area (Å²) in [4.78, 5) is 20.4.